The first-order chi connectivity index (χ1) is 9.47. The van der Waals surface area contributed by atoms with Gasteiger partial charge in [-0.25, -0.2) is 4.98 Å². The summed E-state index contributed by atoms with van der Waals surface area (Å²) in [6.07, 6.45) is 0. The molecule has 2 rings (SSSR count). The third-order valence-corrected chi connectivity index (χ3v) is 4.17. The van der Waals surface area contributed by atoms with Crippen molar-refractivity contribution in [2.45, 2.75) is 24.6 Å². The van der Waals surface area contributed by atoms with Crippen molar-refractivity contribution in [1.29, 1.82) is 5.41 Å². The number of halogens is 1. The van der Waals surface area contributed by atoms with E-state index in [0.29, 0.717) is 0 Å². The van der Waals surface area contributed by atoms with Crippen LogP contribution in [0.3, 0.4) is 0 Å². The summed E-state index contributed by atoms with van der Waals surface area (Å²) in [6.45, 7) is 3.90. The minimum absolute atomic E-state index is 0.0635. The number of hydrogen-bond acceptors (Lipinski definition) is 3. The number of hydrogen-bond donors (Lipinski definition) is 2. The Balaban J connectivity index is 2.24. The number of nitrogens with zero attached hydrogens (tertiary/aromatic N) is 1. The van der Waals surface area contributed by atoms with E-state index in [-0.39, 0.29) is 5.84 Å². The minimum Gasteiger partial charge on any atom is -0.384 e. The lowest BCUT2D eigenvalue weighted by Gasteiger charge is -2.11. The van der Waals surface area contributed by atoms with Crippen LogP contribution in [0, 0.1) is 19.3 Å². The van der Waals surface area contributed by atoms with Gasteiger partial charge in [0.2, 0.25) is 0 Å². The highest BCUT2D eigenvalue weighted by molar-refractivity contribution is 7.98. The van der Waals surface area contributed by atoms with E-state index in [0.717, 1.165) is 38.2 Å². The van der Waals surface area contributed by atoms with Gasteiger partial charge in [0.25, 0.3) is 0 Å². The maximum absolute atomic E-state index is 7.71. The molecule has 0 saturated heterocycles. The van der Waals surface area contributed by atoms with Gasteiger partial charge < -0.3 is 5.73 Å². The molecule has 0 unspecified atom stereocenters. The van der Waals surface area contributed by atoms with Gasteiger partial charge in [0, 0.05) is 16.5 Å². The number of amidine groups is 1. The van der Waals surface area contributed by atoms with Crippen molar-refractivity contribution in [3.8, 4) is 0 Å². The summed E-state index contributed by atoms with van der Waals surface area (Å²) >= 11 is 7.46. The summed E-state index contributed by atoms with van der Waals surface area (Å²) in [5.74, 6) is 0.835. The molecular formula is C15H16ClN3S. The summed E-state index contributed by atoms with van der Waals surface area (Å²) < 4.78 is 0. The molecule has 0 fully saturated rings. The first-order valence-corrected chi connectivity index (χ1v) is 7.53. The molecule has 20 heavy (non-hydrogen) atoms. The number of nitrogen functional groups attached to an aromatic ring is 1. The van der Waals surface area contributed by atoms with Gasteiger partial charge in [-0.15, -0.1) is 11.8 Å². The van der Waals surface area contributed by atoms with Crippen LogP contribution in [0.15, 0.2) is 35.4 Å². The van der Waals surface area contributed by atoms with Crippen molar-refractivity contribution in [2.75, 3.05) is 0 Å². The van der Waals surface area contributed by atoms with Crippen LogP contribution in [0.4, 0.5) is 0 Å². The molecular weight excluding hydrogens is 290 g/mol. The summed E-state index contributed by atoms with van der Waals surface area (Å²) in [7, 11) is 0. The Morgan fingerprint density at radius 1 is 1.30 bits per heavy atom. The van der Waals surface area contributed by atoms with E-state index >= 15 is 0 Å². The molecule has 0 amide bonds. The molecule has 0 aliphatic rings. The van der Waals surface area contributed by atoms with E-state index in [9.17, 15) is 0 Å². The van der Waals surface area contributed by atoms with Crippen LogP contribution in [0.2, 0.25) is 5.02 Å². The lowest BCUT2D eigenvalue weighted by molar-refractivity contribution is 1.03. The van der Waals surface area contributed by atoms with E-state index in [1.165, 1.54) is 0 Å². The molecule has 0 spiro atoms. The molecule has 1 aromatic heterocycles. The second-order valence-electron chi connectivity index (χ2n) is 4.59. The van der Waals surface area contributed by atoms with Crippen molar-refractivity contribution in [3.63, 3.8) is 0 Å². The van der Waals surface area contributed by atoms with Crippen LogP contribution < -0.4 is 5.73 Å². The van der Waals surface area contributed by atoms with Gasteiger partial charge in [0.15, 0.2) is 0 Å². The maximum Gasteiger partial charge on any atom is 0.125 e. The zero-order chi connectivity index (χ0) is 14.7. The van der Waals surface area contributed by atoms with Crippen LogP contribution in [-0.2, 0) is 5.75 Å². The quantitative estimate of drug-likeness (QED) is 0.511. The Hall–Kier alpha value is -1.52. The normalized spacial score (nSPS) is 10.6. The van der Waals surface area contributed by atoms with Gasteiger partial charge in [-0.3, -0.25) is 5.41 Å². The monoisotopic (exact) mass is 305 g/mol. The predicted molar refractivity (Wildman–Crippen MR) is 85.7 cm³/mol. The predicted octanol–water partition coefficient (Wildman–Crippen LogP) is 3.93. The van der Waals surface area contributed by atoms with Gasteiger partial charge in [0.05, 0.1) is 5.56 Å². The molecule has 5 heteroatoms. The SMILES string of the molecule is Cc1cc(C)c(C(=N)N)c(SCc2ccc(Cl)cc2)n1. The number of rotatable bonds is 4. The standard InChI is InChI=1S/C15H16ClN3S/c1-9-7-10(2)19-15(13(9)14(17)18)20-8-11-3-5-12(16)6-4-11/h3-7H,8H2,1-2H3,(H3,17,18). The molecule has 0 aliphatic heterocycles. The Kier molecular flexibility index (Phi) is 4.68. The number of pyridine rings is 1. The van der Waals surface area contributed by atoms with E-state index < -0.39 is 0 Å². The van der Waals surface area contributed by atoms with Crippen molar-refractivity contribution in [3.05, 3.63) is 57.7 Å². The van der Waals surface area contributed by atoms with Crippen molar-refractivity contribution in [2.24, 2.45) is 5.73 Å². The van der Waals surface area contributed by atoms with Crippen molar-refractivity contribution < 1.29 is 0 Å². The summed E-state index contributed by atoms with van der Waals surface area (Å²) in [5, 5.41) is 9.25. The van der Waals surface area contributed by atoms with Crippen LogP contribution in [0.1, 0.15) is 22.4 Å². The highest BCUT2D eigenvalue weighted by Crippen LogP contribution is 2.27. The van der Waals surface area contributed by atoms with E-state index in [2.05, 4.69) is 4.98 Å². The fourth-order valence-corrected chi connectivity index (χ4v) is 3.21. The Labute approximate surface area is 128 Å². The van der Waals surface area contributed by atoms with Gasteiger partial charge in [0.1, 0.15) is 10.9 Å². The average molecular weight is 306 g/mol. The number of thioether (sulfide) groups is 1. The van der Waals surface area contributed by atoms with Crippen LogP contribution in [0.5, 0.6) is 0 Å². The molecule has 104 valence electrons. The number of benzene rings is 1. The number of nitrogens with two attached hydrogens (primary N) is 1. The second kappa shape index (κ2) is 6.29. The fraction of sp³-hybridized carbons (Fsp3) is 0.200. The topological polar surface area (TPSA) is 62.8 Å². The van der Waals surface area contributed by atoms with Gasteiger partial charge >= 0.3 is 0 Å². The zero-order valence-corrected chi connectivity index (χ0v) is 13.0. The zero-order valence-electron chi connectivity index (χ0n) is 11.4. The van der Waals surface area contributed by atoms with Gasteiger partial charge in [-0.2, -0.15) is 0 Å². The highest BCUT2D eigenvalue weighted by Gasteiger charge is 2.12. The molecule has 0 atom stereocenters. The molecule has 0 bridgehead atoms. The van der Waals surface area contributed by atoms with E-state index in [4.69, 9.17) is 22.7 Å². The van der Waals surface area contributed by atoms with Crippen molar-refractivity contribution >= 4 is 29.2 Å². The smallest absolute Gasteiger partial charge is 0.125 e. The molecule has 2 aromatic rings. The van der Waals surface area contributed by atoms with Crippen LogP contribution >= 0.6 is 23.4 Å². The minimum atomic E-state index is 0.0635. The lowest BCUT2D eigenvalue weighted by atomic mass is 10.1. The first kappa shape index (κ1) is 14.9. The third kappa shape index (κ3) is 3.52. The average Bonchev–Trinajstić information content (AvgIpc) is 2.36. The number of nitrogens with one attached hydrogen (secondary N) is 1. The molecule has 3 nitrogen and oxygen atoms in total. The Morgan fingerprint density at radius 2 is 1.95 bits per heavy atom. The largest absolute Gasteiger partial charge is 0.384 e. The fourth-order valence-electron chi connectivity index (χ4n) is 1.97. The maximum atomic E-state index is 7.71. The first-order valence-electron chi connectivity index (χ1n) is 6.17. The summed E-state index contributed by atoms with van der Waals surface area (Å²) in [5.41, 5.74) is 9.49. The third-order valence-electron chi connectivity index (χ3n) is 2.87. The van der Waals surface area contributed by atoms with Crippen molar-refractivity contribution in [1.82, 2.24) is 4.98 Å². The number of aryl methyl sites for hydroxylation is 2. The molecule has 0 radical (unpaired) electrons. The van der Waals surface area contributed by atoms with E-state index in [1.807, 2.05) is 44.2 Å². The Bertz CT molecular complexity index is 638. The van der Waals surface area contributed by atoms with E-state index in [1.54, 1.807) is 11.8 Å². The molecule has 3 N–H and O–H groups in total. The lowest BCUT2D eigenvalue weighted by Crippen LogP contribution is -2.15. The van der Waals surface area contributed by atoms with Crippen LogP contribution in [0.25, 0.3) is 0 Å². The molecule has 0 aliphatic carbocycles. The summed E-state index contributed by atoms with van der Waals surface area (Å²) in [6, 6.07) is 9.68. The van der Waals surface area contributed by atoms with Gasteiger partial charge in [-0.05, 0) is 43.2 Å². The number of aromatic nitrogens is 1. The molecule has 1 heterocycles. The van der Waals surface area contributed by atoms with Crippen LogP contribution in [-0.4, -0.2) is 10.8 Å². The second-order valence-corrected chi connectivity index (χ2v) is 5.99. The Morgan fingerprint density at radius 3 is 2.55 bits per heavy atom. The summed E-state index contributed by atoms with van der Waals surface area (Å²) in [4.78, 5) is 4.50. The molecule has 1 aromatic carbocycles. The molecule has 0 saturated carbocycles. The highest BCUT2D eigenvalue weighted by atomic mass is 35.5. The van der Waals surface area contributed by atoms with Gasteiger partial charge in [-0.1, -0.05) is 23.7 Å².